The minimum atomic E-state index is 0.627. The Bertz CT molecular complexity index is 223. The fourth-order valence-corrected chi connectivity index (χ4v) is 1.30. The lowest BCUT2D eigenvalue weighted by atomic mass is 9.96. The predicted molar refractivity (Wildman–Crippen MR) is 49.6 cm³/mol. The highest BCUT2D eigenvalue weighted by Gasteiger charge is 2.02. The molecule has 0 heterocycles. The van der Waals surface area contributed by atoms with E-state index in [-0.39, 0.29) is 0 Å². The van der Waals surface area contributed by atoms with Crippen LogP contribution in [-0.4, -0.2) is 0 Å². The van der Waals surface area contributed by atoms with Crippen LogP contribution in [0.5, 0.6) is 0 Å². The lowest BCUT2D eigenvalue weighted by Gasteiger charge is -2.09. The Hall–Kier alpha value is -0.780. The molecule has 0 fully saturated rings. The molecule has 11 heavy (non-hydrogen) atoms. The minimum absolute atomic E-state index is 0.627. The number of hydrogen-bond donors (Lipinski definition) is 0. The third kappa shape index (κ3) is 1.83. The Morgan fingerprint density at radius 3 is 2.27 bits per heavy atom. The van der Waals surface area contributed by atoms with E-state index in [1.165, 1.54) is 11.1 Å². The first kappa shape index (κ1) is 8.32. The second-order valence-corrected chi connectivity index (χ2v) is 3.07. The minimum Gasteiger partial charge on any atom is -0.0620 e. The summed E-state index contributed by atoms with van der Waals surface area (Å²) in [4.78, 5) is 0. The van der Waals surface area contributed by atoms with E-state index in [0.29, 0.717) is 5.92 Å². The van der Waals surface area contributed by atoms with Crippen molar-refractivity contribution in [2.24, 2.45) is 0 Å². The van der Waals surface area contributed by atoms with Gasteiger partial charge in [0.25, 0.3) is 0 Å². The molecule has 0 bridgehead atoms. The van der Waals surface area contributed by atoms with Gasteiger partial charge in [-0.1, -0.05) is 45.0 Å². The average molecular weight is 147 g/mol. The lowest BCUT2D eigenvalue weighted by Crippen LogP contribution is -1.92. The summed E-state index contributed by atoms with van der Waals surface area (Å²) in [6, 6.07) is 8.54. The first-order chi connectivity index (χ1) is 5.25. The van der Waals surface area contributed by atoms with Crippen molar-refractivity contribution < 1.29 is 0 Å². The van der Waals surface area contributed by atoms with Gasteiger partial charge in [-0.2, -0.15) is 0 Å². The zero-order valence-electron chi connectivity index (χ0n) is 7.46. The normalized spacial score (nSPS) is 10.5. The van der Waals surface area contributed by atoms with E-state index in [1.807, 2.05) is 0 Å². The van der Waals surface area contributed by atoms with Crippen molar-refractivity contribution in [3.8, 4) is 0 Å². The zero-order chi connectivity index (χ0) is 8.27. The van der Waals surface area contributed by atoms with Gasteiger partial charge in [-0.05, 0) is 23.5 Å². The Morgan fingerprint density at radius 1 is 1.18 bits per heavy atom. The molecule has 1 aromatic rings. The van der Waals surface area contributed by atoms with Crippen LogP contribution in [0.15, 0.2) is 24.3 Å². The topological polar surface area (TPSA) is 0 Å². The maximum Gasteiger partial charge on any atom is -0.0121 e. The molecule has 0 aliphatic rings. The molecule has 0 aliphatic heterocycles. The molecule has 0 aliphatic carbocycles. The molecule has 0 nitrogen and oxygen atoms in total. The molecule has 1 rings (SSSR count). The average Bonchev–Trinajstić information content (AvgIpc) is 2.04. The van der Waals surface area contributed by atoms with Crippen LogP contribution in [0.25, 0.3) is 0 Å². The molecule has 1 aromatic carbocycles. The summed E-state index contributed by atoms with van der Waals surface area (Å²) in [5.41, 5.74) is 2.80. The molecule has 59 valence electrons. The van der Waals surface area contributed by atoms with Crippen molar-refractivity contribution in [1.29, 1.82) is 0 Å². The highest BCUT2D eigenvalue weighted by Crippen LogP contribution is 2.19. The standard InChI is InChI=1S/C11H15/c1-4-10-7-5-6-8-11(10)9(2)3/h4-9H,1-3H3. The lowest BCUT2D eigenvalue weighted by molar-refractivity contribution is 0.858. The summed E-state index contributed by atoms with van der Waals surface area (Å²) < 4.78 is 0. The van der Waals surface area contributed by atoms with Crippen LogP contribution in [0.1, 0.15) is 37.8 Å². The maximum atomic E-state index is 2.22. The van der Waals surface area contributed by atoms with Crippen LogP contribution in [0.3, 0.4) is 0 Å². The number of benzene rings is 1. The summed E-state index contributed by atoms with van der Waals surface area (Å²) in [6.07, 6.45) is 2.16. The molecule has 0 unspecified atom stereocenters. The Balaban J connectivity index is 3.02. The van der Waals surface area contributed by atoms with Gasteiger partial charge >= 0.3 is 0 Å². The van der Waals surface area contributed by atoms with E-state index in [1.54, 1.807) is 0 Å². The third-order valence-corrected chi connectivity index (χ3v) is 1.93. The van der Waals surface area contributed by atoms with Crippen molar-refractivity contribution in [1.82, 2.24) is 0 Å². The number of hydrogen-bond acceptors (Lipinski definition) is 0. The molecule has 0 spiro atoms. The van der Waals surface area contributed by atoms with Gasteiger partial charge in [0.1, 0.15) is 0 Å². The molecule has 0 heteroatoms. The van der Waals surface area contributed by atoms with E-state index in [9.17, 15) is 0 Å². The Labute approximate surface area is 69.3 Å². The van der Waals surface area contributed by atoms with Gasteiger partial charge in [-0.3, -0.25) is 0 Å². The fourth-order valence-electron chi connectivity index (χ4n) is 1.30. The molecule has 0 N–H and O–H groups in total. The fraction of sp³-hybridized carbons (Fsp3) is 0.364. The van der Waals surface area contributed by atoms with Crippen molar-refractivity contribution in [3.05, 3.63) is 41.8 Å². The van der Waals surface area contributed by atoms with Crippen LogP contribution in [0.4, 0.5) is 0 Å². The highest BCUT2D eigenvalue weighted by atomic mass is 14.1. The Kier molecular flexibility index (Phi) is 2.70. The molecular weight excluding hydrogens is 132 g/mol. The summed E-state index contributed by atoms with van der Waals surface area (Å²) >= 11 is 0. The van der Waals surface area contributed by atoms with Crippen LogP contribution >= 0.6 is 0 Å². The summed E-state index contributed by atoms with van der Waals surface area (Å²) in [5.74, 6) is 0.627. The van der Waals surface area contributed by atoms with Crippen LogP contribution in [0.2, 0.25) is 0 Å². The summed E-state index contributed by atoms with van der Waals surface area (Å²) in [5, 5.41) is 0. The smallest absolute Gasteiger partial charge is 0.0121 e. The molecule has 0 saturated heterocycles. The van der Waals surface area contributed by atoms with Crippen molar-refractivity contribution >= 4 is 0 Å². The van der Waals surface area contributed by atoms with Crippen LogP contribution < -0.4 is 0 Å². The molecule has 0 atom stereocenters. The van der Waals surface area contributed by atoms with E-state index < -0.39 is 0 Å². The van der Waals surface area contributed by atoms with Gasteiger partial charge in [0.2, 0.25) is 0 Å². The highest BCUT2D eigenvalue weighted by molar-refractivity contribution is 5.34. The quantitative estimate of drug-likeness (QED) is 0.601. The monoisotopic (exact) mass is 147 g/mol. The first-order valence-corrected chi connectivity index (χ1v) is 4.14. The van der Waals surface area contributed by atoms with Crippen LogP contribution in [-0.2, 0) is 0 Å². The summed E-state index contributed by atoms with van der Waals surface area (Å²) in [7, 11) is 0. The van der Waals surface area contributed by atoms with Crippen molar-refractivity contribution in [3.63, 3.8) is 0 Å². The Morgan fingerprint density at radius 2 is 1.82 bits per heavy atom. The molecule has 1 radical (unpaired) electrons. The van der Waals surface area contributed by atoms with Crippen molar-refractivity contribution in [2.45, 2.75) is 26.7 Å². The SMILES string of the molecule is C[CH]c1ccccc1C(C)C. The van der Waals surface area contributed by atoms with Gasteiger partial charge in [0.05, 0.1) is 0 Å². The van der Waals surface area contributed by atoms with Gasteiger partial charge in [0, 0.05) is 0 Å². The van der Waals surface area contributed by atoms with E-state index in [4.69, 9.17) is 0 Å². The van der Waals surface area contributed by atoms with E-state index >= 15 is 0 Å². The van der Waals surface area contributed by atoms with Gasteiger partial charge < -0.3 is 0 Å². The molecule has 0 saturated carbocycles. The zero-order valence-corrected chi connectivity index (χ0v) is 7.46. The molecule has 0 amide bonds. The second-order valence-electron chi connectivity index (χ2n) is 3.07. The maximum absolute atomic E-state index is 2.22. The van der Waals surface area contributed by atoms with Crippen LogP contribution in [0, 0.1) is 6.42 Å². The third-order valence-electron chi connectivity index (χ3n) is 1.93. The summed E-state index contributed by atoms with van der Waals surface area (Å²) in [6.45, 7) is 6.53. The van der Waals surface area contributed by atoms with Gasteiger partial charge in [0.15, 0.2) is 0 Å². The first-order valence-electron chi connectivity index (χ1n) is 4.14. The van der Waals surface area contributed by atoms with E-state index in [2.05, 4.69) is 51.5 Å². The predicted octanol–water partition coefficient (Wildman–Crippen LogP) is 3.38. The second kappa shape index (κ2) is 3.56. The largest absolute Gasteiger partial charge is 0.0620 e. The molecule has 0 aromatic heterocycles. The van der Waals surface area contributed by atoms with Gasteiger partial charge in [-0.25, -0.2) is 0 Å². The molecular formula is C11H15. The van der Waals surface area contributed by atoms with Crippen molar-refractivity contribution in [2.75, 3.05) is 0 Å². The van der Waals surface area contributed by atoms with Gasteiger partial charge in [-0.15, -0.1) is 0 Å². The number of rotatable bonds is 2. The van der Waals surface area contributed by atoms with E-state index in [0.717, 1.165) is 0 Å².